The Balaban J connectivity index is 3.49. The Morgan fingerprint density at radius 1 is 1.10 bits per heavy atom. The van der Waals surface area contributed by atoms with Crippen molar-refractivity contribution in [3.63, 3.8) is 0 Å². The van der Waals surface area contributed by atoms with Crippen molar-refractivity contribution < 1.29 is 28.5 Å². The average molecular weight is 320 g/mol. The zero-order chi connectivity index (χ0) is 15.9. The molecule has 0 rings (SSSR count). The summed E-state index contributed by atoms with van der Waals surface area (Å²) >= 11 is 1.54. The number of ether oxygens (including phenoxy) is 4. The van der Waals surface area contributed by atoms with Crippen molar-refractivity contribution in [1.82, 2.24) is 0 Å². The van der Waals surface area contributed by atoms with Gasteiger partial charge in [0.15, 0.2) is 0 Å². The first kappa shape index (κ1) is 19.9. The number of thioether (sulfide) groups is 1. The fraction of sp³-hybridized carbons (Fsp3) is 0.714. The molecule has 0 aromatic rings. The molecular weight excluding hydrogens is 296 g/mol. The Morgan fingerprint density at radius 2 is 1.81 bits per heavy atom. The molecule has 0 aromatic heterocycles. The molecule has 6 nitrogen and oxygen atoms in total. The van der Waals surface area contributed by atoms with Gasteiger partial charge in [-0.1, -0.05) is 6.58 Å². The molecule has 0 aliphatic rings. The fourth-order valence-corrected chi connectivity index (χ4v) is 2.07. The van der Waals surface area contributed by atoms with Gasteiger partial charge in [0.2, 0.25) is 0 Å². The van der Waals surface area contributed by atoms with Crippen LogP contribution in [0, 0.1) is 0 Å². The summed E-state index contributed by atoms with van der Waals surface area (Å²) in [6, 6.07) is 0. The van der Waals surface area contributed by atoms with Gasteiger partial charge in [0, 0.05) is 24.9 Å². The van der Waals surface area contributed by atoms with Crippen LogP contribution >= 0.6 is 11.8 Å². The molecule has 0 heterocycles. The molecule has 0 atom stereocenters. The van der Waals surface area contributed by atoms with Gasteiger partial charge in [0.25, 0.3) is 0 Å². The monoisotopic (exact) mass is 320 g/mol. The molecule has 0 fully saturated rings. The summed E-state index contributed by atoms with van der Waals surface area (Å²) in [6.45, 7) is 5.22. The zero-order valence-electron chi connectivity index (χ0n) is 12.7. The maximum atomic E-state index is 11.6. The van der Waals surface area contributed by atoms with E-state index in [1.54, 1.807) is 7.11 Å². The minimum absolute atomic E-state index is 0.203. The van der Waals surface area contributed by atoms with Crippen LogP contribution in [0.1, 0.15) is 12.8 Å². The van der Waals surface area contributed by atoms with E-state index in [2.05, 4.69) is 11.3 Å². The van der Waals surface area contributed by atoms with Crippen molar-refractivity contribution in [1.29, 1.82) is 0 Å². The Morgan fingerprint density at radius 3 is 2.48 bits per heavy atom. The van der Waals surface area contributed by atoms with E-state index in [0.29, 0.717) is 44.0 Å². The molecule has 0 amide bonds. The average Bonchev–Trinajstić information content (AvgIpc) is 2.49. The van der Waals surface area contributed by atoms with Crippen LogP contribution in [0.2, 0.25) is 0 Å². The van der Waals surface area contributed by atoms with Crippen LogP contribution in [0.4, 0.5) is 0 Å². The highest BCUT2D eigenvalue weighted by molar-refractivity contribution is 7.99. The third-order valence-electron chi connectivity index (χ3n) is 2.35. The molecule has 122 valence electrons. The first-order valence-electron chi connectivity index (χ1n) is 6.68. The normalized spacial score (nSPS) is 10.2. The summed E-state index contributed by atoms with van der Waals surface area (Å²) in [5, 5.41) is 0. The van der Waals surface area contributed by atoms with E-state index in [4.69, 9.17) is 14.2 Å². The lowest BCUT2D eigenvalue weighted by atomic mass is 10.3. The Labute approximate surface area is 130 Å². The second-order valence-electron chi connectivity index (χ2n) is 4.08. The van der Waals surface area contributed by atoms with Crippen molar-refractivity contribution in [3.05, 3.63) is 12.2 Å². The van der Waals surface area contributed by atoms with E-state index in [1.807, 2.05) is 0 Å². The third-order valence-corrected chi connectivity index (χ3v) is 3.48. The van der Waals surface area contributed by atoms with Crippen LogP contribution in [0.25, 0.3) is 0 Å². The van der Waals surface area contributed by atoms with E-state index in [0.717, 1.165) is 5.75 Å². The summed E-state index contributed by atoms with van der Waals surface area (Å²) < 4.78 is 19.5. The molecule has 0 saturated carbocycles. The molecule has 0 aliphatic carbocycles. The lowest BCUT2D eigenvalue weighted by molar-refractivity contribution is -0.141. The van der Waals surface area contributed by atoms with Gasteiger partial charge in [-0.25, -0.2) is 4.79 Å². The van der Waals surface area contributed by atoms with Crippen molar-refractivity contribution in [2.24, 2.45) is 0 Å². The third kappa shape index (κ3) is 12.4. The summed E-state index contributed by atoms with van der Waals surface area (Å²) in [4.78, 5) is 22.4. The fourth-order valence-electron chi connectivity index (χ4n) is 1.21. The Hall–Kier alpha value is -1.05. The highest BCUT2D eigenvalue weighted by Gasteiger charge is 2.08. The summed E-state index contributed by atoms with van der Waals surface area (Å²) in [6.07, 6.45) is 1.10. The molecule has 0 N–H and O–H groups in total. The van der Waals surface area contributed by atoms with E-state index in [9.17, 15) is 9.59 Å². The highest BCUT2D eigenvalue weighted by Crippen LogP contribution is 2.10. The molecule has 0 unspecified atom stereocenters. The molecule has 0 radical (unpaired) electrons. The van der Waals surface area contributed by atoms with Gasteiger partial charge >= 0.3 is 11.9 Å². The van der Waals surface area contributed by atoms with E-state index < -0.39 is 5.97 Å². The zero-order valence-corrected chi connectivity index (χ0v) is 13.5. The molecule has 0 spiro atoms. The molecular formula is C14H24O6S. The van der Waals surface area contributed by atoms with Crippen molar-refractivity contribution in [2.75, 3.05) is 52.2 Å². The number of hydrogen-bond donors (Lipinski definition) is 0. The van der Waals surface area contributed by atoms with E-state index in [-0.39, 0.29) is 12.6 Å². The van der Waals surface area contributed by atoms with Gasteiger partial charge in [-0.3, -0.25) is 4.79 Å². The number of carbonyl (C=O) groups is 2. The second kappa shape index (κ2) is 13.9. The van der Waals surface area contributed by atoms with Crippen LogP contribution in [0.15, 0.2) is 12.2 Å². The number of methoxy groups -OCH3 is 2. The smallest absolute Gasteiger partial charge is 0.334 e. The second-order valence-corrected chi connectivity index (χ2v) is 5.18. The van der Waals surface area contributed by atoms with Crippen LogP contribution in [0.5, 0.6) is 0 Å². The van der Waals surface area contributed by atoms with Crippen molar-refractivity contribution in [3.8, 4) is 0 Å². The van der Waals surface area contributed by atoms with Gasteiger partial charge in [-0.05, 0) is 12.2 Å². The van der Waals surface area contributed by atoms with Gasteiger partial charge in [-0.15, -0.1) is 0 Å². The van der Waals surface area contributed by atoms with Crippen LogP contribution < -0.4 is 0 Å². The lowest BCUT2D eigenvalue weighted by Gasteiger charge is -2.07. The van der Waals surface area contributed by atoms with Crippen molar-refractivity contribution >= 4 is 23.7 Å². The number of rotatable bonds is 13. The van der Waals surface area contributed by atoms with Gasteiger partial charge in [0.05, 0.1) is 26.9 Å². The van der Waals surface area contributed by atoms with Crippen LogP contribution in [-0.4, -0.2) is 64.1 Å². The Bertz CT molecular complexity index is 319. The minimum Gasteiger partial charge on any atom is -0.469 e. The Kier molecular flexibility index (Phi) is 13.2. The molecule has 0 aromatic carbocycles. The molecule has 0 bridgehead atoms. The quantitative estimate of drug-likeness (QED) is 0.289. The van der Waals surface area contributed by atoms with Gasteiger partial charge in [0.1, 0.15) is 6.61 Å². The lowest BCUT2D eigenvalue weighted by Crippen LogP contribution is -2.14. The van der Waals surface area contributed by atoms with Crippen molar-refractivity contribution in [2.45, 2.75) is 12.8 Å². The summed E-state index contributed by atoms with van der Waals surface area (Å²) in [5.74, 6) is 0.625. The maximum Gasteiger partial charge on any atom is 0.334 e. The number of carbonyl (C=O) groups excluding carboxylic acids is 2. The summed E-state index contributed by atoms with van der Waals surface area (Å²) in [5.41, 5.74) is 0.412. The minimum atomic E-state index is -0.411. The number of esters is 2. The maximum absolute atomic E-state index is 11.6. The summed E-state index contributed by atoms with van der Waals surface area (Å²) in [7, 11) is 2.96. The topological polar surface area (TPSA) is 71.1 Å². The molecule has 0 aliphatic heterocycles. The predicted molar refractivity (Wildman–Crippen MR) is 81.4 cm³/mol. The van der Waals surface area contributed by atoms with E-state index in [1.165, 1.54) is 18.9 Å². The van der Waals surface area contributed by atoms with Gasteiger partial charge in [-0.2, -0.15) is 11.8 Å². The van der Waals surface area contributed by atoms with Crippen LogP contribution in [-0.2, 0) is 28.5 Å². The van der Waals surface area contributed by atoms with Crippen LogP contribution in [0.3, 0.4) is 0 Å². The predicted octanol–water partition coefficient (Wildman–Crippen LogP) is 1.44. The standard InChI is InChI=1S/C14H24O6S/c1-12(11-21-10-4-5-13(15)18-3)14(16)20-9-8-19-7-6-17-2/h1,4-11H2,2-3H3. The first-order valence-corrected chi connectivity index (χ1v) is 7.83. The highest BCUT2D eigenvalue weighted by atomic mass is 32.2. The SMILES string of the molecule is C=C(CSCCCC(=O)OC)C(=O)OCCOCCOC. The largest absolute Gasteiger partial charge is 0.469 e. The molecule has 7 heteroatoms. The first-order chi connectivity index (χ1) is 10.1. The molecule has 21 heavy (non-hydrogen) atoms. The van der Waals surface area contributed by atoms with E-state index >= 15 is 0 Å². The molecule has 0 saturated heterocycles. The number of hydrogen-bond acceptors (Lipinski definition) is 7. The van der Waals surface area contributed by atoms with Gasteiger partial charge < -0.3 is 18.9 Å².